The van der Waals surface area contributed by atoms with Crippen molar-refractivity contribution in [3.05, 3.63) is 29.8 Å². The Bertz CT molecular complexity index is 554. The van der Waals surface area contributed by atoms with Gasteiger partial charge in [-0.25, -0.2) is 0 Å². The Morgan fingerprint density at radius 3 is 2.62 bits per heavy atom. The predicted molar refractivity (Wildman–Crippen MR) is 96.3 cm³/mol. The molecule has 2 amide bonds. The minimum atomic E-state index is -0.449. The van der Waals surface area contributed by atoms with E-state index in [2.05, 4.69) is 16.0 Å². The van der Waals surface area contributed by atoms with Gasteiger partial charge in [-0.15, -0.1) is 12.4 Å². The Morgan fingerprint density at radius 1 is 1.29 bits per heavy atom. The van der Waals surface area contributed by atoms with E-state index in [4.69, 9.17) is 4.74 Å². The third-order valence-electron chi connectivity index (χ3n) is 4.16. The van der Waals surface area contributed by atoms with Crippen LogP contribution in [0, 0.1) is 5.41 Å². The van der Waals surface area contributed by atoms with E-state index < -0.39 is 5.41 Å². The first kappa shape index (κ1) is 20.4. The quantitative estimate of drug-likeness (QED) is 0.725. The maximum absolute atomic E-state index is 12.7. The molecule has 1 fully saturated rings. The maximum Gasteiger partial charge on any atom is 0.228 e. The van der Waals surface area contributed by atoms with Crippen molar-refractivity contribution in [2.75, 3.05) is 32.1 Å². The van der Waals surface area contributed by atoms with Crippen molar-refractivity contribution in [2.24, 2.45) is 5.41 Å². The third kappa shape index (κ3) is 5.47. The van der Waals surface area contributed by atoms with Gasteiger partial charge in [-0.3, -0.25) is 9.59 Å². The average Bonchev–Trinajstić information content (AvgIpc) is 2.53. The fourth-order valence-corrected chi connectivity index (χ4v) is 2.95. The van der Waals surface area contributed by atoms with Gasteiger partial charge in [0.1, 0.15) is 0 Å². The largest absolute Gasteiger partial charge is 0.384 e. The van der Waals surface area contributed by atoms with Crippen LogP contribution in [0.2, 0.25) is 0 Å². The van der Waals surface area contributed by atoms with E-state index in [1.54, 1.807) is 7.11 Å². The number of hydrogen-bond acceptors (Lipinski definition) is 4. The summed E-state index contributed by atoms with van der Waals surface area (Å²) >= 11 is 0. The van der Waals surface area contributed by atoms with Gasteiger partial charge in [-0.1, -0.05) is 12.1 Å². The number of methoxy groups -OCH3 is 1. The number of ether oxygens (including phenoxy) is 1. The molecule has 2 rings (SSSR count). The molecule has 1 saturated heterocycles. The number of nitrogens with one attached hydrogen (secondary N) is 3. The number of halogens is 1. The summed E-state index contributed by atoms with van der Waals surface area (Å²) in [5.41, 5.74) is 1.23. The fourth-order valence-electron chi connectivity index (χ4n) is 2.95. The van der Waals surface area contributed by atoms with Crippen LogP contribution < -0.4 is 16.0 Å². The molecular formula is C17H26ClN3O3. The van der Waals surface area contributed by atoms with Gasteiger partial charge in [-0.2, -0.15) is 0 Å². The number of piperidine rings is 1. The summed E-state index contributed by atoms with van der Waals surface area (Å²) < 4.78 is 5.28. The van der Waals surface area contributed by atoms with Crippen LogP contribution in [-0.2, 0) is 20.9 Å². The third-order valence-corrected chi connectivity index (χ3v) is 4.16. The van der Waals surface area contributed by atoms with Gasteiger partial charge in [0.15, 0.2) is 0 Å². The number of carbonyl (C=O) groups is 2. The average molecular weight is 356 g/mol. The molecule has 7 heteroatoms. The fraction of sp³-hybridized carbons (Fsp3) is 0.529. The second-order valence-electron chi connectivity index (χ2n) is 6.03. The molecule has 0 aliphatic carbocycles. The minimum Gasteiger partial charge on any atom is -0.384 e. The molecule has 1 aromatic carbocycles. The number of amides is 2. The molecule has 24 heavy (non-hydrogen) atoms. The van der Waals surface area contributed by atoms with Crippen molar-refractivity contribution >= 4 is 29.9 Å². The summed E-state index contributed by atoms with van der Waals surface area (Å²) in [5.74, 6) is -0.0780. The number of carbonyl (C=O) groups excluding carboxylic acids is 2. The van der Waals surface area contributed by atoms with Gasteiger partial charge in [0, 0.05) is 26.3 Å². The summed E-state index contributed by atoms with van der Waals surface area (Å²) in [6.45, 7) is 4.00. The van der Waals surface area contributed by atoms with Gasteiger partial charge in [-0.05, 0) is 43.6 Å². The highest BCUT2D eigenvalue weighted by molar-refractivity contribution is 5.88. The molecule has 0 atom stereocenters. The molecule has 1 aliphatic rings. The van der Waals surface area contributed by atoms with Crippen LogP contribution in [0.3, 0.4) is 0 Å². The topological polar surface area (TPSA) is 79.5 Å². The Balaban J connectivity index is 0.00000288. The van der Waals surface area contributed by atoms with Crippen LogP contribution in [0.4, 0.5) is 5.69 Å². The highest BCUT2D eigenvalue weighted by Gasteiger charge is 2.39. The van der Waals surface area contributed by atoms with E-state index in [1.165, 1.54) is 6.92 Å². The van der Waals surface area contributed by atoms with Gasteiger partial charge in [0.05, 0.1) is 12.0 Å². The number of hydrogen-bond donors (Lipinski definition) is 3. The molecular weight excluding hydrogens is 330 g/mol. The molecule has 1 aromatic rings. The van der Waals surface area contributed by atoms with E-state index in [0.29, 0.717) is 13.2 Å². The number of anilines is 1. The lowest BCUT2D eigenvalue weighted by Crippen LogP contribution is -2.49. The van der Waals surface area contributed by atoms with Crippen molar-refractivity contribution in [3.63, 3.8) is 0 Å². The SMILES string of the molecule is COCC1(C(=O)NCc2cccc(NC(C)=O)c2)CCNCC1.Cl. The van der Waals surface area contributed by atoms with E-state index in [-0.39, 0.29) is 24.2 Å². The van der Waals surface area contributed by atoms with E-state index in [0.717, 1.165) is 37.2 Å². The van der Waals surface area contributed by atoms with Crippen LogP contribution in [0.25, 0.3) is 0 Å². The zero-order valence-electron chi connectivity index (χ0n) is 14.2. The monoisotopic (exact) mass is 355 g/mol. The molecule has 1 aliphatic heterocycles. The lowest BCUT2D eigenvalue weighted by molar-refractivity contribution is -0.136. The number of benzene rings is 1. The van der Waals surface area contributed by atoms with Crippen LogP contribution >= 0.6 is 12.4 Å². The molecule has 0 aromatic heterocycles. The Morgan fingerprint density at radius 2 is 2.00 bits per heavy atom. The van der Waals surface area contributed by atoms with Crippen LogP contribution in [0.1, 0.15) is 25.3 Å². The van der Waals surface area contributed by atoms with E-state index in [1.807, 2.05) is 24.3 Å². The zero-order valence-corrected chi connectivity index (χ0v) is 15.0. The van der Waals surface area contributed by atoms with Crippen molar-refractivity contribution in [1.29, 1.82) is 0 Å². The van der Waals surface area contributed by atoms with Gasteiger partial charge < -0.3 is 20.7 Å². The highest BCUT2D eigenvalue weighted by Crippen LogP contribution is 2.29. The maximum atomic E-state index is 12.7. The summed E-state index contributed by atoms with van der Waals surface area (Å²) in [6, 6.07) is 7.48. The Hall–Kier alpha value is -1.63. The standard InChI is InChI=1S/C17H25N3O3.ClH/c1-13(21)20-15-5-3-4-14(10-15)11-19-16(22)17(12-23-2)6-8-18-9-7-17;/h3-5,10,18H,6-9,11-12H2,1-2H3,(H,19,22)(H,20,21);1H. The van der Waals surface area contributed by atoms with Crippen LogP contribution in [-0.4, -0.2) is 38.6 Å². The second-order valence-corrected chi connectivity index (χ2v) is 6.03. The number of rotatable bonds is 6. The van der Waals surface area contributed by atoms with Crippen molar-refractivity contribution < 1.29 is 14.3 Å². The summed E-state index contributed by atoms with van der Waals surface area (Å²) in [7, 11) is 1.63. The van der Waals surface area contributed by atoms with Crippen LogP contribution in [0.15, 0.2) is 24.3 Å². The molecule has 0 bridgehead atoms. The lowest BCUT2D eigenvalue weighted by Gasteiger charge is -2.35. The molecule has 134 valence electrons. The normalized spacial score (nSPS) is 15.9. The van der Waals surface area contributed by atoms with Gasteiger partial charge in [0.2, 0.25) is 11.8 Å². The van der Waals surface area contributed by atoms with E-state index >= 15 is 0 Å². The first-order valence-corrected chi connectivity index (χ1v) is 7.90. The first-order chi connectivity index (χ1) is 11.1. The first-order valence-electron chi connectivity index (χ1n) is 7.90. The minimum absolute atomic E-state index is 0. The van der Waals surface area contributed by atoms with Crippen molar-refractivity contribution in [3.8, 4) is 0 Å². The molecule has 0 unspecified atom stereocenters. The van der Waals surface area contributed by atoms with E-state index in [9.17, 15) is 9.59 Å². The Labute approximate surface area is 149 Å². The molecule has 3 N–H and O–H groups in total. The second kappa shape index (κ2) is 9.61. The van der Waals surface area contributed by atoms with Gasteiger partial charge >= 0.3 is 0 Å². The van der Waals surface area contributed by atoms with Gasteiger partial charge in [0.25, 0.3) is 0 Å². The van der Waals surface area contributed by atoms with Crippen molar-refractivity contribution in [1.82, 2.24) is 10.6 Å². The molecule has 0 spiro atoms. The molecule has 0 radical (unpaired) electrons. The Kier molecular flexibility index (Phi) is 8.18. The zero-order chi connectivity index (χ0) is 16.7. The molecule has 1 heterocycles. The summed E-state index contributed by atoms with van der Waals surface area (Å²) in [6.07, 6.45) is 1.55. The predicted octanol–water partition coefficient (Wildman–Crippen LogP) is 1.70. The highest BCUT2D eigenvalue weighted by atomic mass is 35.5. The van der Waals surface area contributed by atoms with Crippen LogP contribution in [0.5, 0.6) is 0 Å². The smallest absolute Gasteiger partial charge is 0.228 e. The molecule has 6 nitrogen and oxygen atoms in total. The van der Waals surface area contributed by atoms with Crippen molar-refractivity contribution in [2.45, 2.75) is 26.3 Å². The summed E-state index contributed by atoms with van der Waals surface area (Å²) in [4.78, 5) is 23.8. The molecule has 0 saturated carbocycles. The summed E-state index contributed by atoms with van der Waals surface area (Å²) in [5, 5.41) is 9.04. The lowest BCUT2D eigenvalue weighted by atomic mass is 9.78.